The molecule has 0 fully saturated rings. The van der Waals surface area contributed by atoms with E-state index in [1.54, 1.807) is 30.3 Å². The van der Waals surface area contributed by atoms with Crippen molar-refractivity contribution in [1.82, 2.24) is 0 Å². The highest BCUT2D eigenvalue weighted by molar-refractivity contribution is 6.31. The molecule has 2 aromatic rings. The highest BCUT2D eigenvalue weighted by Gasteiger charge is 2.10. The number of amides is 1. The lowest BCUT2D eigenvalue weighted by atomic mass is 10.1. The van der Waals surface area contributed by atoms with Crippen LogP contribution in [0, 0.1) is 6.92 Å². The van der Waals surface area contributed by atoms with Gasteiger partial charge in [0.15, 0.2) is 6.61 Å². The van der Waals surface area contributed by atoms with Gasteiger partial charge in [-0.2, -0.15) is 0 Å². The van der Waals surface area contributed by atoms with Crippen LogP contribution in [-0.4, -0.2) is 32.7 Å². The summed E-state index contributed by atoms with van der Waals surface area (Å²) in [5.41, 5.74) is 2.12. The van der Waals surface area contributed by atoms with Gasteiger partial charge in [0.1, 0.15) is 11.5 Å². The minimum Gasteiger partial charge on any atom is -0.497 e. The van der Waals surface area contributed by atoms with Gasteiger partial charge in [0.2, 0.25) is 0 Å². The fourth-order valence-corrected chi connectivity index (χ4v) is 2.35. The Morgan fingerprint density at radius 2 is 1.89 bits per heavy atom. The number of anilines is 1. The third-order valence-electron chi connectivity index (χ3n) is 3.63. The van der Waals surface area contributed by atoms with Crippen LogP contribution in [0.3, 0.4) is 0 Å². The molecule has 0 unspecified atom stereocenters. The summed E-state index contributed by atoms with van der Waals surface area (Å²) in [7, 11) is 3.00. The lowest BCUT2D eigenvalue weighted by Gasteiger charge is -2.11. The van der Waals surface area contributed by atoms with E-state index in [9.17, 15) is 9.59 Å². The van der Waals surface area contributed by atoms with Gasteiger partial charge in [-0.1, -0.05) is 23.7 Å². The van der Waals surface area contributed by atoms with Gasteiger partial charge in [-0.3, -0.25) is 4.79 Å². The number of rotatable bonds is 7. The number of aryl methyl sites for hydroxylation is 1. The van der Waals surface area contributed by atoms with Crippen LogP contribution in [0.1, 0.15) is 11.1 Å². The van der Waals surface area contributed by atoms with Crippen molar-refractivity contribution in [3.8, 4) is 11.5 Å². The normalized spacial score (nSPS) is 10.5. The zero-order valence-corrected chi connectivity index (χ0v) is 16.0. The zero-order chi connectivity index (χ0) is 19.8. The second-order valence-corrected chi connectivity index (χ2v) is 5.97. The van der Waals surface area contributed by atoms with E-state index < -0.39 is 18.5 Å². The van der Waals surface area contributed by atoms with E-state index in [-0.39, 0.29) is 0 Å². The first-order valence-electron chi connectivity index (χ1n) is 8.06. The molecule has 0 aliphatic rings. The van der Waals surface area contributed by atoms with Crippen LogP contribution >= 0.6 is 11.6 Å². The van der Waals surface area contributed by atoms with Gasteiger partial charge < -0.3 is 19.5 Å². The summed E-state index contributed by atoms with van der Waals surface area (Å²) in [6.07, 6.45) is 2.80. The third-order valence-corrected chi connectivity index (χ3v) is 4.04. The first-order chi connectivity index (χ1) is 12.9. The average molecular weight is 390 g/mol. The summed E-state index contributed by atoms with van der Waals surface area (Å²) in [5, 5.41) is 3.22. The Morgan fingerprint density at radius 3 is 2.56 bits per heavy atom. The van der Waals surface area contributed by atoms with Gasteiger partial charge in [0, 0.05) is 17.2 Å². The van der Waals surface area contributed by atoms with Gasteiger partial charge in [-0.25, -0.2) is 4.79 Å². The zero-order valence-electron chi connectivity index (χ0n) is 15.2. The fraction of sp³-hybridized carbons (Fsp3) is 0.200. The van der Waals surface area contributed by atoms with Crippen LogP contribution in [-0.2, 0) is 14.3 Å². The first-order valence-corrected chi connectivity index (χ1v) is 8.43. The molecular formula is C20H20ClNO5. The van der Waals surface area contributed by atoms with Gasteiger partial charge >= 0.3 is 5.97 Å². The molecule has 0 saturated carbocycles. The number of hydrogen-bond donors (Lipinski definition) is 1. The molecule has 0 saturated heterocycles. The van der Waals surface area contributed by atoms with E-state index in [4.69, 9.17) is 25.8 Å². The molecule has 1 amide bonds. The van der Waals surface area contributed by atoms with Crippen LogP contribution in [0.4, 0.5) is 5.69 Å². The van der Waals surface area contributed by atoms with Crippen molar-refractivity contribution in [1.29, 1.82) is 0 Å². The molecule has 27 heavy (non-hydrogen) atoms. The van der Waals surface area contributed by atoms with E-state index in [1.165, 1.54) is 20.3 Å². The van der Waals surface area contributed by atoms with Crippen molar-refractivity contribution in [3.63, 3.8) is 0 Å². The van der Waals surface area contributed by atoms with Crippen molar-refractivity contribution in [2.75, 3.05) is 26.1 Å². The summed E-state index contributed by atoms with van der Waals surface area (Å²) in [6.45, 7) is 1.46. The summed E-state index contributed by atoms with van der Waals surface area (Å²) in [6, 6.07) is 10.4. The molecular weight excluding hydrogens is 370 g/mol. The minimum absolute atomic E-state index is 0.419. The summed E-state index contributed by atoms with van der Waals surface area (Å²) in [4.78, 5) is 23.8. The van der Waals surface area contributed by atoms with Crippen molar-refractivity contribution in [2.24, 2.45) is 0 Å². The monoisotopic (exact) mass is 389 g/mol. The second kappa shape index (κ2) is 9.64. The fourth-order valence-electron chi connectivity index (χ4n) is 2.16. The Balaban J connectivity index is 1.90. The van der Waals surface area contributed by atoms with Crippen molar-refractivity contribution < 1.29 is 23.8 Å². The van der Waals surface area contributed by atoms with Crippen molar-refractivity contribution >= 4 is 35.2 Å². The van der Waals surface area contributed by atoms with Crippen LogP contribution in [0.5, 0.6) is 11.5 Å². The SMILES string of the molecule is COc1ccc(OC)c(NC(=O)COC(=O)/C=C/c2ccc(C)c(Cl)c2)c1. The molecule has 7 heteroatoms. The Bertz CT molecular complexity index is 863. The third kappa shape index (κ3) is 6.04. The predicted octanol–water partition coefficient (Wildman–Crippen LogP) is 3.86. The van der Waals surface area contributed by atoms with Gasteiger partial charge in [-0.15, -0.1) is 0 Å². The molecule has 0 aliphatic heterocycles. The largest absolute Gasteiger partial charge is 0.497 e. The molecule has 1 N–H and O–H groups in total. The smallest absolute Gasteiger partial charge is 0.331 e. The van der Waals surface area contributed by atoms with E-state index in [0.717, 1.165) is 11.1 Å². The Kier molecular flexibility index (Phi) is 7.25. The van der Waals surface area contributed by atoms with Gasteiger partial charge in [-0.05, 0) is 42.3 Å². The maximum Gasteiger partial charge on any atom is 0.331 e. The number of methoxy groups -OCH3 is 2. The van der Waals surface area contributed by atoms with Gasteiger partial charge in [0.05, 0.1) is 19.9 Å². The number of ether oxygens (including phenoxy) is 3. The maximum atomic E-state index is 12.0. The molecule has 0 spiro atoms. The lowest BCUT2D eigenvalue weighted by Crippen LogP contribution is -2.20. The van der Waals surface area contributed by atoms with E-state index >= 15 is 0 Å². The highest BCUT2D eigenvalue weighted by atomic mass is 35.5. The molecule has 2 rings (SSSR count). The van der Waals surface area contributed by atoms with Gasteiger partial charge in [0.25, 0.3) is 5.91 Å². The Hall–Kier alpha value is -2.99. The lowest BCUT2D eigenvalue weighted by molar-refractivity contribution is -0.142. The van der Waals surface area contributed by atoms with Crippen LogP contribution < -0.4 is 14.8 Å². The molecule has 0 bridgehead atoms. The standard InChI is InChI=1S/C20H20ClNO5/c1-13-4-5-14(10-16(13)21)6-9-20(24)27-12-19(23)22-17-11-15(25-2)7-8-18(17)26-3/h4-11H,12H2,1-3H3,(H,22,23)/b9-6+. The molecule has 0 aliphatic carbocycles. The number of carbonyl (C=O) groups is 2. The molecule has 2 aromatic carbocycles. The molecule has 142 valence electrons. The summed E-state index contributed by atoms with van der Waals surface area (Å²) in [5.74, 6) is -0.115. The quantitative estimate of drug-likeness (QED) is 0.575. The molecule has 0 radical (unpaired) electrons. The molecule has 6 nitrogen and oxygen atoms in total. The van der Waals surface area contributed by atoms with Crippen LogP contribution in [0.2, 0.25) is 5.02 Å². The van der Waals surface area contributed by atoms with Crippen molar-refractivity contribution in [3.05, 3.63) is 58.6 Å². The Labute approximate surface area is 162 Å². The summed E-state index contributed by atoms with van der Waals surface area (Å²) >= 11 is 6.03. The topological polar surface area (TPSA) is 73.9 Å². The number of esters is 1. The predicted molar refractivity (Wildman–Crippen MR) is 104 cm³/mol. The van der Waals surface area contributed by atoms with E-state index in [0.29, 0.717) is 22.2 Å². The second-order valence-electron chi connectivity index (χ2n) is 5.56. The van der Waals surface area contributed by atoms with Crippen LogP contribution in [0.15, 0.2) is 42.5 Å². The maximum absolute atomic E-state index is 12.0. The number of nitrogens with one attached hydrogen (secondary N) is 1. The first kappa shape index (κ1) is 20.3. The number of halogens is 1. The molecule has 0 aromatic heterocycles. The molecule has 0 atom stereocenters. The number of benzene rings is 2. The van der Waals surface area contributed by atoms with E-state index in [2.05, 4.69) is 5.32 Å². The minimum atomic E-state index is -0.639. The number of carbonyl (C=O) groups excluding carboxylic acids is 2. The average Bonchev–Trinajstić information content (AvgIpc) is 2.67. The van der Waals surface area contributed by atoms with E-state index in [1.807, 2.05) is 19.1 Å². The van der Waals surface area contributed by atoms with Crippen LogP contribution in [0.25, 0.3) is 6.08 Å². The van der Waals surface area contributed by atoms with Crippen molar-refractivity contribution in [2.45, 2.75) is 6.92 Å². The molecule has 0 heterocycles. The summed E-state index contributed by atoms with van der Waals surface area (Å²) < 4.78 is 15.2. The number of hydrogen-bond acceptors (Lipinski definition) is 5. The highest BCUT2D eigenvalue weighted by Crippen LogP contribution is 2.28. The Morgan fingerprint density at radius 1 is 1.11 bits per heavy atom.